The summed E-state index contributed by atoms with van der Waals surface area (Å²) in [7, 11) is 0. The number of nitrogens with one attached hydrogen (secondary N) is 1. The molecule has 0 radical (unpaired) electrons. The summed E-state index contributed by atoms with van der Waals surface area (Å²) in [5.41, 5.74) is 4.41. The van der Waals surface area contributed by atoms with Crippen LogP contribution in [0.4, 0.5) is 0 Å². The molecule has 0 aliphatic heterocycles. The molecule has 2 rings (SSSR count). The molecule has 2 nitrogen and oxygen atoms in total. The average Bonchev–Trinajstić information content (AvgIpc) is 2.66. The van der Waals surface area contributed by atoms with Crippen molar-refractivity contribution in [2.45, 2.75) is 58.9 Å². The number of Topliss-reactive ketones (excluding diaryl/α,β-unsaturated/α-hetero) is 1. The summed E-state index contributed by atoms with van der Waals surface area (Å²) < 4.78 is 0. The molecule has 0 spiro atoms. The van der Waals surface area contributed by atoms with Crippen LogP contribution < -0.4 is 5.32 Å². The number of carbonyl (C=O) groups excluding carboxylic acids is 1. The highest BCUT2D eigenvalue weighted by Gasteiger charge is 2.07. The standard InChI is InChI=1S/C23H31NO/c1-3-5-7-11-23(25)22-10-8-9-21(17-22)20-14-12-19(13-15-20)18-24-16-6-4-2/h8-10,12-15,17,24H,3-7,11,16,18H2,1-2H3. The Bertz CT molecular complexity index is 645. The Kier molecular flexibility index (Phi) is 8.41. The Morgan fingerprint density at radius 2 is 1.64 bits per heavy atom. The largest absolute Gasteiger partial charge is 0.313 e. The van der Waals surface area contributed by atoms with Crippen molar-refractivity contribution in [3.8, 4) is 11.1 Å². The quantitative estimate of drug-likeness (QED) is 0.402. The fourth-order valence-corrected chi connectivity index (χ4v) is 2.90. The molecule has 0 atom stereocenters. The topological polar surface area (TPSA) is 29.1 Å². The molecule has 0 heterocycles. The maximum absolute atomic E-state index is 12.3. The summed E-state index contributed by atoms with van der Waals surface area (Å²) in [6.45, 7) is 6.35. The normalized spacial score (nSPS) is 10.8. The van der Waals surface area contributed by atoms with Gasteiger partial charge in [-0.15, -0.1) is 0 Å². The number of rotatable bonds is 11. The van der Waals surface area contributed by atoms with E-state index in [0.29, 0.717) is 6.42 Å². The maximum Gasteiger partial charge on any atom is 0.162 e. The Morgan fingerprint density at radius 1 is 0.880 bits per heavy atom. The number of hydrogen-bond donors (Lipinski definition) is 1. The summed E-state index contributed by atoms with van der Waals surface area (Å²) in [6.07, 6.45) is 6.35. The van der Waals surface area contributed by atoms with E-state index in [1.54, 1.807) is 0 Å². The summed E-state index contributed by atoms with van der Waals surface area (Å²) in [6, 6.07) is 16.7. The number of carbonyl (C=O) groups is 1. The van der Waals surface area contributed by atoms with Crippen molar-refractivity contribution in [1.82, 2.24) is 5.32 Å². The van der Waals surface area contributed by atoms with Crippen molar-refractivity contribution in [2.75, 3.05) is 6.54 Å². The first kappa shape index (κ1) is 19.4. The lowest BCUT2D eigenvalue weighted by Crippen LogP contribution is -2.14. The Balaban J connectivity index is 1.98. The summed E-state index contributed by atoms with van der Waals surface area (Å²) >= 11 is 0. The molecule has 2 aromatic rings. The summed E-state index contributed by atoms with van der Waals surface area (Å²) in [5.74, 6) is 0.257. The van der Waals surface area contributed by atoms with Crippen LogP contribution in [0, 0.1) is 0 Å². The fourth-order valence-electron chi connectivity index (χ4n) is 2.90. The monoisotopic (exact) mass is 337 g/mol. The molecule has 2 heteroatoms. The van der Waals surface area contributed by atoms with E-state index in [-0.39, 0.29) is 5.78 Å². The lowest BCUT2D eigenvalue weighted by Gasteiger charge is -2.08. The van der Waals surface area contributed by atoms with Crippen LogP contribution in [0.5, 0.6) is 0 Å². The Labute approximate surface area is 152 Å². The SMILES string of the molecule is CCCCCC(=O)c1cccc(-c2ccc(CNCCCC)cc2)c1. The second-order valence-electron chi connectivity index (χ2n) is 6.69. The zero-order valence-electron chi connectivity index (χ0n) is 15.7. The van der Waals surface area contributed by atoms with Gasteiger partial charge in [-0.2, -0.15) is 0 Å². The molecule has 25 heavy (non-hydrogen) atoms. The lowest BCUT2D eigenvalue weighted by atomic mass is 9.98. The van der Waals surface area contributed by atoms with Gasteiger partial charge in [0.05, 0.1) is 0 Å². The number of hydrogen-bond acceptors (Lipinski definition) is 2. The van der Waals surface area contributed by atoms with Crippen LogP contribution in [0.3, 0.4) is 0 Å². The zero-order chi connectivity index (χ0) is 17.9. The third-order valence-electron chi connectivity index (χ3n) is 4.52. The molecule has 0 bridgehead atoms. The first-order valence-electron chi connectivity index (χ1n) is 9.68. The van der Waals surface area contributed by atoms with Crippen molar-refractivity contribution < 1.29 is 4.79 Å². The van der Waals surface area contributed by atoms with E-state index in [2.05, 4.69) is 49.5 Å². The van der Waals surface area contributed by atoms with E-state index in [1.165, 1.54) is 24.0 Å². The fraction of sp³-hybridized carbons (Fsp3) is 0.435. The smallest absolute Gasteiger partial charge is 0.162 e. The van der Waals surface area contributed by atoms with E-state index < -0.39 is 0 Å². The van der Waals surface area contributed by atoms with Gasteiger partial charge in [0, 0.05) is 18.5 Å². The molecule has 1 N–H and O–H groups in total. The molecule has 0 aliphatic rings. The minimum Gasteiger partial charge on any atom is -0.313 e. The Hall–Kier alpha value is -1.93. The van der Waals surface area contributed by atoms with Gasteiger partial charge in [0.1, 0.15) is 0 Å². The minimum absolute atomic E-state index is 0.257. The van der Waals surface area contributed by atoms with Gasteiger partial charge in [-0.05, 0) is 42.1 Å². The van der Waals surface area contributed by atoms with Crippen LogP contribution in [0.1, 0.15) is 68.3 Å². The van der Waals surface area contributed by atoms with Gasteiger partial charge >= 0.3 is 0 Å². The van der Waals surface area contributed by atoms with Gasteiger partial charge in [-0.25, -0.2) is 0 Å². The first-order chi connectivity index (χ1) is 12.2. The van der Waals surface area contributed by atoms with Crippen LogP contribution in [0.2, 0.25) is 0 Å². The minimum atomic E-state index is 0.257. The van der Waals surface area contributed by atoms with Crippen LogP contribution in [-0.4, -0.2) is 12.3 Å². The molecule has 0 unspecified atom stereocenters. The van der Waals surface area contributed by atoms with E-state index in [1.807, 2.05) is 18.2 Å². The molecule has 0 aliphatic carbocycles. The van der Waals surface area contributed by atoms with Crippen LogP contribution in [0.25, 0.3) is 11.1 Å². The molecule has 2 aromatic carbocycles. The average molecular weight is 338 g/mol. The summed E-state index contributed by atoms with van der Waals surface area (Å²) in [4.78, 5) is 12.3. The van der Waals surface area contributed by atoms with E-state index in [0.717, 1.165) is 43.5 Å². The van der Waals surface area contributed by atoms with Gasteiger partial charge < -0.3 is 5.32 Å². The highest BCUT2D eigenvalue weighted by molar-refractivity contribution is 5.97. The van der Waals surface area contributed by atoms with E-state index in [9.17, 15) is 4.79 Å². The highest BCUT2D eigenvalue weighted by atomic mass is 16.1. The van der Waals surface area contributed by atoms with Crippen molar-refractivity contribution in [1.29, 1.82) is 0 Å². The van der Waals surface area contributed by atoms with Crippen LogP contribution >= 0.6 is 0 Å². The van der Waals surface area contributed by atoms with E-state index in [4.69, 9.17) is 0 Å². The molecular weight excluding hydrogens is 306 g/mol. The number of unbranched alkanes of at least 4 members (excludes halogenated alkanes) is 3. The Morgan fingerprint density at radius 3 is 2.36 bits per heavy atom. The predicted octanol–water partition coefficient (Wildman–Crippen LogP) is 6.01. The van der Waals surface area contributed by atoms with Gasteiger partial charge in [0.2, 0.25) is 0 Å². The second-order valence-corrected chi connectivity index (χ2v) is 6.69. The van der Waals surface area contributed by atoms with E-state index >= 15 is 0 Å². The number of ketones is 1. The molecule has 0 aromatic heterocycles. The van der Waals surface area contributed by atoms with Crippen LogP contribution in [-0.2, 0) is 6.54 Å². The molecular formula is C23H31NO. The summed E-state index contributed by atoms with van der Waals surface area (Å²) in [5, 5.41) is 3.47. The van der Waals surface area contributed by atoms with Gasteiger partial charge in [-0.1, -0.05) is 75.6 Å². The highest BCUT2D eigenvalue weighted by Crippen LogP contribution is 2.22. The van der Waals surface area contributed by atoms with Crippen molar-refractivity contribution in [2.24, 2.45) is 0 Å². The second kappa shape index (κ2) is 10.8. The molecule has 0 fully saturated rings. The third kappa shape index (κ3) is 6.47. The van der Waals surface area contributed by atoms with Gasteiger partial charge in [0.15, 0.2) is 5.78 Å². The van der Waals surface area contributed by atoms with Gasteiger partial charge in [0.25, 0.3) is 0 Å². The molecule has 134 valence electrons. The third-order valence-corrected chi connectivity index (χ3v) is 4.52. The van der Waals surface area contributed by atoms with Gasteiger partial charge in [-0.3, -0.25) is 4.79 Å². The van der Waals surface area contributed by atoms with Crippen molar-refractivity contribution in [3.63, 3.8) is 0 Å². The zero-order valence-corrected chi connectivity index (χ0v) is 15.7. The molecule has 0 saturated heterocycles. The van der Waals surface area contributed by atoms with Crippen LogP contribution in [0.15, 0.2) is 48.5 Å². The lowest BCUT2D eigenvalue weighted by molar-refractivity contribution is 0.0979. The maximum atomic E-state index is 12.3. The first-order valence-corrected chi connectivity index (χ1v) is 9.68. The molecule has 0 amide bonds. The van der Waals surface area contributed by atoms with Crippen molar-refractivity contribution >= 4 is 5.78 Å². The van der Waals surface area contributed by atoms with Crippen molar-refractivity contribution in [3.05, 3.63) is 59.7 Å². The molecule has 0 saturated carbocycles. The number of benzene rings is 2. The predicted molar refractivity (Wildman–Crippen MR) is 107 cm³/mol.